The first-order valence-corrected chi connectivity index (χ1v) is 10.9. The van der Waals surface area contributed by atoms with Crippen molar-refractivity contribution >= 4 is 16.7 Å². The lowest BCUT2D eigenvalue weighted by atomic mass is 10.1. The summed E-state index contributed by atoms with van der Waals surface area (Å²) in [6.45, 7) is 7.82. The molecular formula is C26H28N4O2. The van der Waals surface area contributed by atoms with Crippen LogP contribution < -0.4 is 10.9 Å². The van der Waals surface area contributed by atoms with E-state index in [1.54, 1.807) is 6.20 Å². The summed E-state index contributed by atoms with van der Waals surface area (Å²) in [6.07, 6.45) is 2.33. The molecule has 2 aromatic heterocycles. The molecule has 0 saturated carbocycles. The summed E-state index contributed by atoms with van der Waals surface area (Å²) < 4.78 is 3.40. The average Bonchev–Trinajstić information content (AvgIpc) is 3.06. The Bertz CT molecular complexity index is 1310. The van der Waals surface area contributed by atoms with Gasteiger partial charge < -0.3 is 9.88 Å². The zero-order valence-electron chi connectivity index (χ0n) is 18.9. The van der Waals surface area contributed by atoms with E-state index in [1.807, 2.05) is 92.9 Å². The molecule has 32 heavy (non-hydrogen) atoms. The summed E-state index contributed by atoms with van der Waals surface area (Å²) in [5.74, 6) is -0.0632. The largest absolute Gasteiger partial charge is 0.348 e. The van der Waals surface area contributed by atoms with Gasteiger partial charge in [0.05, 0.1) is 23.3 Å². The highest BCUT2D eigenvalue weighted by atomic mass is 16.2. The fourth-order valence-electron chi connectivity index (χ4n) is 4.42. The highest BCUT2D eigenvalue weighted by Crippen LogP contribution is 2.28. The van der Waals surface area contributed by atoms with Crippen LogP contribution in [0.1, 0.15) is 49.3 Å². The summed E-state index contributed by atoms with van der Waals surface area (Å²) in [4.78, 5) is 26.6. The number of nitrogens with one attached hydrogen (secondary N) is 1. The van der Waals surface area contributed by atoms with Gasteiger partial charge in [0.1, 0.15) is 6.04 Å². The molecule has 6 heteroatoms. The Balaban J connectivity index is 1.75. The maximum Gasteiger partial charge on any atom is 0.281 e. The number of aryl methyl sites for hydroxylation is 2. The molecule has 4 aromatic rings. The molecule has 0 fully saturated rings. The Morgan fingerprint density at radius 3 is 2.25 bits per heavy atom. The van der Waals surface area contributed by atoms with Gasteiger partial charge in [0, 0.05) is 16.8 Å². The third kappa shape index (κ3) is 3.73. The lowest BCUT2D eigenvalue weighted by Gasteiger charge is -2.23. The van der Waals surface area contributed by atoms with Crippen LogP contribution >= 0.6 is 0 Å². The number of benzene rings is 2. The van der Waals surface area contributed by atoms with Gasteiger partial charge in [0.15, 0.2) is 0 Å². The van der Waals surface area contributed by atoms with E-state index in [0.29, 0.717) is 17.5 Å². The van der Waals surface area contributed by atoms with Crippen molar-refractivity contribution in [2.24, 2.45) is 0 Å². The monoisotopic (exact) mass is 428 g/mol. The maximum atomic E-state index is 13.3. The number of hydrogen-bond acceptors (Lipinski definition) is 3. The molecule has 0 unspecified atom stereocenters. The van der Waals surface area contributed by atoms with Crippen LogP contribution in [0.15, 0.2) is 71.7 Å². The number of fused-ring (bicyclic) bond motifs is 1. The molecule has 2 atom stereocenters. The minimum atomic E-state index is -0.418. The molecule has 2 aromatic carbocycles. The zero-order chi connectivity index (χ0) is 22.8. The Morgan fingerprint density at radius 2 is 1.62 bits per heavy atom. The van der Waals surface area contributed by atoms with Crippen LogP contribution in [0.4, 0.5) is 0 Å². The van der Waals surface area contributed by atoms with Gasteiger partial charge in [-0.1, -0.05) is 55.5 Å². The molecule has 4 rings (SSSR count). The number of carbonyl (C=O) groups is 1. The van der Waals surface area contributed by atoms with E-state index in [0.717, 1.165) is 22.3 Å². The van der Waals surface area contributed by atoms with E-state index in [4.69, 9.17) is 0 Å². The first kappa shape index (κ1) is 21.6. The Kier molecular flexibility index (Phi) is 5.95. The predicted octanol–water partition coefficient (Wildman–Crippen LogP) is 4.63. The van der Waals surface area contributed by atoms with Crippen LogP contribution in [-0.2, 0) is 4.79 Å². The predicted molar refractivity (Wildman–Crippen MR) is 127 cm³/mol. The molecule has 0 aliphatic heterocycles. The fourth-order valence-corrected chi connectivity index (χ4v) is 4.42. The molecule has 0 bridgehead atoms. The van der Waals surface area contributed by atoms with Gasteiger partial charge in [-0.25, -0.2) is 0 Å². The van der Waals surface area contributed by atoms with Crippen LogP contribution in [0.2, 0.25) is 0 Å². The van der Waals surface area contributed by atoms with E-state index in [-0.39, 0.29) is 17.5 Å². The molecular weight excluding hydrogens is 400 g/mol. The lowest BCUT2D eigenvalue weighted by molar-refractivity contribution is -0.125. The molecule has 0 radical (unpaired) electrons. The maximum absolute atomic E-state index is 13.3. The second-order valence-corrected chi connectivity index (χ2v) is 8.09. The number of para-hydroxylation sites is 1. The van der Waals surface area contributed by atoms with Crippen LogP contribution in [-0.4, -0.2) is 20.3 Å². The molecule has 0 spiro atoms. The van der Waals surface area contributed by atoms with Crippen LogP contribution in [0, 0.1) is 13.8 Å². The third-order valence-electron chi connectivity index (χ3n) is 6.11. The normalized spacial score (nSPS) is 13.1. The first-order chi connectivity index (χ1) is 15.4. The van der Waals surface area contributed by atoms with Gasteiger partial charge >= 0.3 is 0 Å². The lowest BCUT2D eigenvalue weighted by Crippen LogP contribution is -2.35. The summed E-state index contributed by atoms with van der Waals surface area (Å²) >= 11 is 0. The summed E-state index contributed by atoms with van der Waals surface area (Å²) in [7, 11) is 0. The van der Waals surface area contributed by atoms with E-state index in [9.17, 15) is 9.59 Å². The SMILES string of the molecule is CC[C@H](C(=O)N[C@@H](C)c1ccccc1)n1c(C)c2cnn(-c3ccccc3)c(=O)c2c1C. The molecule has 0 aliphatic rings. The molecule has 164 valence electrons. The van der Waals surface area contributed by atoms with Crippen LogP contribution in [0.3, 0.4) is 0 Å². The highest BCUT2D eigenvalue weighted by molar-refractivity contribution is 5.89. The summed E-state index contributed by atoms with van der Waals surface area (Å²) in [6, 6.07) is 18.7. The Hall–Kier alpha value is -3.67. The fraction of sp³-hybridized carbons (Fsp3) is 0.269. The van der Waals surface area contributed by atoms with Gasteiger partial charge in [-0.05, 0) is 44.9 Å². The Morgan fingerprint density at radius 1 is 1.00 bits per heavy atom. The quantitative estimate of drug-likeness (QED) is 0.487. The topological polar surface area (TPSA) is 68.9 Å². The number of rotatable bonds is 6. The van der Waals surface area contributed by atoms with Gasteiger partial charge in [-0.15, -0.1) is 0 Å². The van der Waals surface area contributed by atoms with Crippen LogP contribution in [0.25, 0.3) is 16.5 Å². The average molecular weight is 429 g/mol. The highest BCUT2D eigenvalue weighted by Gasteiger charge is 2.26. The van der Waals surface area contributed by atoms with Crippen molar-refractivity contribution in [3.05, 3.63) is 94.2 Å². The van der Waals surface area contributed by atoms with Crippen LogP contribution in [0.5, 0.6) is 0 Å². The molecule has 1 amide bonds. The van der Waals surface area contributed by atoms with Crippen molar-refractivity contribution in [1.82, 2.24) is 19.7 Å². The van der Waals surface area contributed by atoms with Crippen molar-refractivity contribution in [3.8, 4) is 5.69 Å². The Labute approximate surface area is 187 Å². The molecule has 6 nitrogen and oxygen atoms in total. The standard InChI is InChI=1S/C26H28N4O2/c1-5-23(25(31)28-17(2)20-12-8-6-9-13-20)29-18(3)22-16-27-30(21-14-10-7-11-15-21)26(32)24(22)19(29)4/h6-17,23H,5H2,1-4H3,(H,28,31)/t17-,23+/m0/s1. The second-order valence-electron chi connectivity index (χ2n) is 8.09. The minimum Gasteiger partial charge on any atom is -0.348 e. The number of hydrogen-bond donors (Lipinski definition) is 1. The van der Waals surface area contributed by atoms with Crippen molar-refractivity contribution in [1.29, 1.82) is 0 Å². The van der Waals surface area contributed by atoms with Crippen molar-refractivity contribution in [2.45, 2.75) is 46.2 Å². The number of carbonyl (C=O) groups excluding carboxylic acids is 1. The van der Waals surface area contributed by atoms with Gasteiger partial charge in [-0.3, -0.25) is 9.59 Å². The molecule has 2 heterocycles. The van der Waals surface area contributed by atoms with Crippen molar-refractivity contribution in [2.75, 3.05) is 0 Å². The number of nitrogens with zero attached hydrogens (tertiary/aromatic N) is 3. The zero-order valence-corrected chi connectivity index (χ0v) is 18.9. The summed E-state index contributed by atoms with van der Waals surface area (Å²) in [5.41, 5.74) is 3.24. The van der Waals surface area contributed by atoms with Gasteiger partial charge in [0.25, 0.3) is 5.56 Å². The first-order valence-electron chi connectivity index (χ1n) is 10.9. The molecule has 0 aliphatic carbocycles. The van der Waals surface area contributed by atoms with E-state index < -0.39 is 6.04 Å². The third-order valence-corrected chi connectivity index (χ3v) is 6.11. The number of amides is 1. The minimum absolute atomic E-state index is 0.0632. The van der Waals surface area contributed by atoms with E-state index in [2.05, 4.69) is 10.4 Å². The smallest absolute Gasteiger partial charge is 0.281 e. The van der Waals surface area contributed by atoms with E-state index >= 15 is 0 Å². The second kappa shape index (κ2) is 8.83. The van der Waals surface area contributed by atoms with Gasteiger partial charge in [0.2, 0.25) is 5.91 Å². The van der Waals surface area contributed by atoms with Crippen molar-refractivity contribution in [3.63, 3.8) is 0 Å². The summed E-state index contributed by atoms with van der Waals surface area (Å²) in [5, 5.41) is 8.92. The molecule has 1 N–H and O–H groups in total. The van der Waals surface area contributed by atoms with Crippen molar-refractivity contribution < 1.29 is 4.79 Å². The van der Waals surface area contributed by atoms with Gasteiger partial charge in [-0.2, -0.15) is 9.78 Å². The number of aromatic nitrogens is 3. The van der Waals surface area contributed by atoms with E-state index in [1.165, 1.54) is 4.68 Å². The molecule has 0 saturated heterocycles.